The summed E-state index contributed by atoms with van der Waals surface area (Å²) >= 11 is 0. The van der Waals surface area contributed by atoms with Gasteiger partial charge >= 0.3 is 0 Å². The molecule has 0 saturated heterocycles. The molecule has 1 heterocycles. The minimum Gasteiger partial charge on any atom is -0.371 e. The van der Waals surface area contributed by atoms with Crippen molar-refractivity contribution in [3.05, 3.63) is 102 Å². The van der Waals surface area contributed by atoms with Crippen LogP contribution in [0.25, 0.3) is 10.9 Å². The molecule has 0 aliphatic heterocycles. The number of rotatable bonds is 8. The lowest BCUT2D eigenvalue weighted by Gasteiger charge is -2.24. The van der Waals surface area contributed by atoms with Crippen molar-refractivity contribution in [3.63, 3.8) is 0 Å². The minimum atomic E-state index is -0.130. The van der Waals surface area contributed by atoms with Crippen molar-refractivity contribution in [3.8, 4) is 0 Å². The summed E-state index contributed by atoms with van der Waals surface area (Å²) in [5.41, 5.74) is 4.72. The third-order valence-corrected chi connectivity index (χ3v) is 5.35. The molecule has 0 unspecified atom stereocenters. The van der Waals surface area contributed by atoms with Crippen molar-refractivity contribution >= 4 is 28.2 Å². The van der Waals surface area contributed by atoms with E-state index in [2.05, 4.69) is 46.4 Å². The molecule has 4 rings (SSSR count). The highest BCUT2D eigenvalue weighted by molar-refractivity contribution is 6.05. The summed E-state index contributed by atoms with van der Waals surface area (Å²) in [6.07, 6.45) is 3.77. The molecule has 0 fully saturated rings. The Hall–Kier alpha value is -3.66. The second-order valence-electron chi connectivity index (χ2n) is 7.64. The van der Waals surface area contributed by atoms with Crippen LogP contribution in [0.1, 0.15) is 29.3 Å². The molecule has 1 aromatic heterocycles. The number of hydrogen-bond acceptors (Lipinski definition) is 3. The molecular weight excluding hydrogens is 382 g/mol. The SMILES string of the molecule is CCCN(CCc1ccccc1)c1ccc(C(=O)Nc2cnc3ccccc3c2)cc1. The lowest BCUT2D eigenvalue weighted by atomic mass is 10.1. The van der Waals surface area contributed by atoms with E-state index >= 15 is 0 Å². The Labute approximate surface area is 183 Å². The zero-order chi connectivity index (χ0) is 21.5. The largest absolute Gasteiger partial charge is 0.371 e. The van der Waals surface area contributed by atoms with Gasteiger partial charge in [0.25, 0.3) is 5.91 Å². The summed E-state index contributed by atoms with van der Waals surface area (Å²) in [6, 6.07) is 28.2. The number of carbonyl (C=O) groups excluding carboxylic acids is 1. The smallest absolute Gasteiger partial charge is 0.255 e. The van der Waals surface area contributed by atoms with Gasteiger partial charge in [0.2, 0.25) is 0 Å². The highest BCUT2D eigenvalue weighted by atomic mass is 16.1. The molecule has 4 nitrogen and oxygen atoms in total. The first-order valence-corrected chi connectivity index (χ1v) is 10.8. The quantitative estimate of drug-likeness (QED) is 0.391. The zero-order valence-corrected chi connectivity index (χ0v) is 17.8. The minimum absolute atomic E-state index is 0.130. The number of para-hydroxylation sites is 1. The standard InChI is InChI=1S/C27H27N3O/c1-2-17-30(18-16-21-8-4-3-5-9-21)25-14-12-22(13-15-25)27(31)29-24-19-23-10-6-7-11-26(23)28-20-24/h3-15,19-20H,2,16-18H2,1H3,(H,29,31). The van der Waals surface area contributed by atoms with Crippen LogP contribution in [0.15, 0.2) is 91.1 Å². The Bertz CT molecular complexity index is 1140. The summed E-state index contributed by atoms with van der Waals surface area (Å²) in [7, 11) is 0. The fraction of sp³-hybridized carbons (Fsp3) is 0.185. The van der Waals surface area contributed by atoms with E-state index in [1.54, 1.807) is 6.20 Å². The number of hydrogen-bond donors (Lipinski definition) is 1. The number of amides is 1. The van der Waals surface area contributed by atoms with Gasteiger partial charge in [0.05, 0.1) is 17.4 Å². The molecule has 4 heteroatoms. The monoisotopic (exact) mass is 409 g/mol. The number of nitrogens with one attached hydrogen (secondary N) is 1. The highest BCUT2D eigenvalue weighted by Gasteiger charge is 2.10. The second-order valence-corrected chi connectivity index (χ2v) is 7.64. The van der Waals surface area contributed by atoms with Gasteiger partial charge < -0.3 is 10.2 Å². The molecule has 156 valence electrons. The number of benzene rings is 3. The van der Waals surface area contributed by atoms with Gasteiger partial charge in [-0.3, -0.25) is 9.78 Å². The number of anilines is 2. The fourth-order valence-electron chi connectivity index (χ4n) is 3.71. The van der Waals surface area contributed by atoms with Crippen LogP contribution in [0.4, 0.5) is 11.4 Å². The molecule has 0 spiro atoms. The fourth-order valence-corrected chi connectivity index (χ4v) is 3.71. The summed E-state index contributed by atoms with van der Waals surface area (Å²) < 4.78 is 0. The molecule has 4 aromatic rings. The van der Waals surface area contributed by atoms with Crippen molar-refractivity contribution in [2.75, 3.05) is 23.3 Å². The van der Waals surface area contributed by atoms with E-state index in [1.807, 2.05) is 60.7 Å². The maximum absolute atomic E-state index is 12.7. The van der Waals surface area contributed by atoms with Gasteiger partial charge in [-0.25, -0.2) is 0 Å². The van der Waals surface area contributed by atoms with Crippen molar-refractivity contribution in [1.82, 2.24) is 4.98 Å². The van der Waals surface area contributed by atoms with Crippen LogP contribution in [-0.4, -0.2) is 24.0 Å². The normalized spacial score (nSPS) is 10.7. The average molecular weight is 410 g/mol. The molecule has 0 aliphatic rings. The molecule has 0 saturated carbocycles. The van der Waals surface area contributed by atoms with Crippen molar-refractivity contribution in [2.24, 2.45) is 0 Å². The third kappa shape index (κ3) is 5.28. The lowest BCUT2D eigenvalue weighted by molar-refractivity contribution is 0.102. The first-order chi connectivity index (χ1) is 15.2. The molecule has 0 atom stereocenters. The van der Waals surface area contributed by atoms with Gasteiger partial charge in [-0.15, -0.1) is 0 Å². The number of aromatic nitrogens is 1. The number of pyridine rings is 1. The van der Waals surface area contributed by atoms with E-state index in [0.717, 1.165) is 42.5 Å². The number of fused-ring (bicyclic) bond motifs is 1. The predicted molar refractivity (Wildman–Crippen MR) is 129 cm³/mol. The van der Waals surface area contributed by atoms with Gasteiger partial charge in [-0.2, -0.15) is 0 Å². The van der Waals surface area contributed by atoms with Crippen LogP contribution < -0.4 is 10.2 Å². The van der Waals surface area contributed by atoms with E-state index in [1.165, 1.54) is 5.56 Å². The van der Waals surface area contributed by atoms with Gasteiger partial charge in [-0.1, -0.05) is 55.5 Å². The Balaban J connectivity index is 1.43. The van der Waals surface area contributed by atoms with Gasteiger partial charge in [0.15, 0.2) is 0 Å². The Morgan fingerprint density at radius 2 is 1.65 bits per heavy atom. The molecular formula is C27H27N3O. The molecule has 0 radical (unpaired) electrons. The second kappa shape index (κ2) is 9.90. The molecule has 0 bridgehead atoms. The van der Waals surface area contributed by atoms with E-state index in [0.29, 0.717) is 11.3 Å². The van der Waals surface area contributed by atoms with E-state index in [9.17, 15) is 4.79 Å². The number of nitrogens with zero attached hydrogens (tertiary/aromatic N) is 2. The van der Waals surface area contributed by atoms with Crippen LogP contribution in [0.3, 0.4) is 0 Å². The van der Waals surface area contributed by atoms with Crippen LogP contribution in [0, 0.1) is 0 Å². The van der Waals surface area contributed by atoms with Gasteiger partial charge in [-0.05, 0) is 54.8 Å². The highest BCUT2D eigenvalue weighted by Crippen LogP contribution is 2.19. The van der Waals surface area contributed by atoms with Gasteiger partial charge in [0.1, 0.15) is 0 Å². The average Bonchev–Trinajstić information content (AvgIpc) is 2.82. The van der Waals surface area contributed by atoms with Crippen molar-refractivity contribution < 1.29 is 4.79 Å². The maximum Gasteiger partial charge on any atom is 0.255 e. The molecule has 0 aliphatic carbocycles. The Morgan fingerprint density at radius 1 is 0.903 bits per heavy atom. The van der Waals surface area contributed by atoms with Crippen molar-refractivity contribution in [2.45, 2.75) is 19.8 Å². The predicted octanol–water partition coefficient (Wildman–Crippen LogP) is 5.95. The van der Waals surface area contributed by atoms with E-state index < -0.39 is 0 Å². The van der Waals surface area contributed by atoms with Crippen molar-refractivity contribution in [1.29, 1.82) is 0 Å². The zero-order valence-electron chi connectivity index (χ0n) is 17.8. The van der Waals surface area contributed by atoms with Crippen LogP contribution >= 0.6 is 0 Å². The molecule has 31 heavy (non-hydrogen) atoms. The van der Waals surface area contributed by atoms with Crippen LogP contribution in [0.5, 0.6) is 0 Å². The Morgan fingerprint density at radius 3 is 2.42 bits per heavy atom. The number of carbonyl (C=O) groups is 1. The molecule has 3 aromatic carbocycles. The van der Waals surface area contributed by atoms with Crippen LogP contribution in [0.2, 0.25) is 0 Å². The molecule has 1 amide bonds. The summed E-state index contributed by atoms with van der Waals surface area (Å²) in [6.45, 7) is 4.13. The molecule has 1 N–H and O–H groups in total. The van der Waals surface area contributed by atoms with E-state index in [4.69, 9.17) is 0 Å². The summed E-state index contributed by atoms with van der Waals surface area (Å²) in [5, 5.41) is 3.96. The maximum atomic E-state index is 12.7. The van der Waals surface area contributed by atoms with E-state index in [-0.39, 0.29) is 5.91 Å². The topological polar surface area (TPSA) is 45.2 Å². The summed E-state index contributed by atoms with van der Waals surface area (Å²) in [4.78, 5) is 19.5. The third-order valence-electron chi connectivity index (χ3n) is 5.35. The first kappa shape index (κ1) is 20.6. The Kier molecular flexibility index (Phi) is 6.58. The lowest BCUT2D eigenvalue weighted by Crippen LogP contribution is -2.26. The van der Waals surface area contributed by atoms with Crippen LogP contribution in [-0.2, 0) is 6.42 Å². The van der Waals surface area contributed by atoms with Gasteiger partial charge in [0, 0.05) is 29.7 Å². The first-order valence-electron chi connectivity index (χ1n) is 10.8. The summed E-state index contributed by atoms with van der Waals surface area (Å²) in [5.74, 6) is -0.130.